The van der Waals surface area contributed by atoms with Crippen LogP contribution in [0.5, 0.6) is 0 Å². The van der Waals surface area contributed by atoms with Crippen molar-refractivity contribution >= 4 is 33.9 Å². The van der Waals surface area contributed by atoms with Gasteiger partial charge in [0.1, 0.15) is 0 Å². The standard InChI is InChI=1S/C22H20N4O/c1-16-15-26(21-7-3-2-6-19(16)21)12-10-22(27)25-24-14-17-8-9-18-5-4-11-23-20(18)13-17/h2-9,11,13-15H,10,12H2,1H3,(H,25,27)/b24-14-. The van der Waals surface area contributed by atoms with Crippen LogP contribution >= 0.6 is 0 Å². The Balaban J connectivity index is 1.36. The molecule has 5 nitrogen and oxygen atoms in total. The van der Waals surface area contributed by atoms with Gasteiger partial charge in [0.25, 0.3) is 0 Å². The second kappa shape index (κ2) is 7.41. The number of hydrazone groups is 1. The SMILES string of the molecule is Cc1cn(CCC(=O)N/N=C\c2ccc3cccnc3c2)c2ccccc12. The van der Waals surface area contributed by atoms with E-state index in [1.165, 1.54) is 10.9 Å². The Bertz CT molecular complexity index is 1140. The van der Waals surface area contributed by atoms with Crippen molar-refractivity contribution in [2.24, 2.45) is 5.10 Å². The smallest absolute Gasteiger partial charge is 0.241 e. The van der Waals surface area contributed by atoms with Gasteiger partial charge in [0.2, 0.25) is 5.91 Å². The molecule has 4 rings (SSSR count). The molecular weight excluding hydrogens is 336 g/mol. The number of para-hydroxylation sites is 1. The number of rotatable bonds is 5. The minimum absolute atomic E-state index is 0.111. The number of amides is 1. The van der Waals surface area contributed by atoms with E-state index in [9.17, 15) is 4.79 Å². The van der Waals surface area contributed by atoms with Gasteiger partial charge in [-0.25, -0.2) is 5.43 Å². The predicted octanol–water partition coefficient (Wildman–Crippen LogP) is 4.04. The Kier molecular flexibility index (Phi) is 4.66. The quantitative estimate of drug-likeness (QED) is 0.433. The van der Waals surface area contributed by atoms with Gasteiger partial charge in [-0.3, -0.25) is 9.78 Å². The number of nitrogens with zero attached hydrogens (tertiary/aromatic N) is 3. The summed E-state index contributed by atoms with van der Waals surface area (Å²) in [6, 6.07) is 18.0. The summed E-state index contributed by atoms with van der Waals surface area (Å²) in [6.07, 6.45) is 5.86. The van der Waals surface area contributed by atoms with Crippen molar-refractivity contribution in [1.29, 1.82) is 0 Å². The molecule has 4 aromatic rings. The number of nitrogens with one attached hydrogen (secondary N) is 1. The second-order valence-electron chi connectivity index (χ2n) is 6.52. The summed E-state index contributed by atoms with van der Waals surface area (Å²) in [6.45, 7) is 2.71. The number of aromatic nitrogens is 2. The lowest BCUT2D eigenvalue weighted by Crippen LogP contribution is -2.19. The lowest BCUT2D eigenvalue weighted by atomic mass is 10.1. The number of carbonyl (C=O) groups excluding carboxylic acids is 1. The number of benzene rings is 2. The van der Waals surface area contributed by atoms with E-state index >= 15 is 0 Å². The molecule has 0 aliphatic rings. The highest BCUT2D eigenvalue weighted by Gasteiger charge is 2.06. The molecule has 0 spiro atoms. The van der Waals surface area contributed by atoms with Crippen molar-refractivity contribution in [2.75, 3.05) is 0 Å². The van der Waals surface area contributed by atoms with Crippen molar-refractivity contribution in [3.63, 3.8) is 0 Å². The van der Waals surface area contributed by atoms with Gasteiger partial charge in [-0.15, -0.1) is 0 Å². The first-order valence-electron chi connectivity index (χ1n) is 8.92. The van der Waals surface area contributed by atoms with Gasteiger partial charge in [0.05, 0.1) is 11.7 Å². The van der Waals surface area contributed by atoms with Crippen LogP contribution in [-0.2, 0) is 11.3 Å². The minimum Gasteiger partial charge on any atom is -0.347 e. The lowest BCUT2D eigenvalue weighted by molar-refractivity contribution is -0.121. The Hall–Kier alpha value is -3.47. The molecule has 0 unspecified atom stereocenters. The van der Waals surface area contributed by atoms with Gasteiger partial charge < -0.3 is 4.57 Å². The number of pyridine rings is 1. The molecule has 2 heterocycles. The Morgan fingerprint density at radius 1 is 1.19 bits per heavy atom. The van der Waals surface area contributed by atoms with Crippen molar-refractivity contribution < 1.29 is 4.79 Å². The van der Waals surface area contributed by atoms with E-state index in [-0.39, 0.29) is 5.91 Å². The summed E-state index contributed by atoms with van der Waals surface area (Å²) in [5.74, 6) is -0.111. The first-order chi connectivity index (χ1) is 13.2. The summed E-state index contributed by atoms with van der Waals surface area (Å²) < 4.78 is 2.11. The summed E-state index contributed by atoms with van der Waals surface area (Å²) in [7, 11) is 0. The summed E-state index contributed by atoms with van der Waals surface area (Å²) in [5, 5.41) is 6.37. The average molecular weight is 356 g/mol. The van der Waals surface area contributed by atoms with E-state index in [0.29, 0.717) is 13.0 Å². The third-order valence-corrected chi connectivity index (χ3v) is 4.60. The van der Waals surface area contributed by atoms with Gasteiger partial charge in [0.15, 0.2) is 0 Å². The van der Waals surface area contributed by atoms with E-state index in [1.807, 2.05) is 42.5 Å². The molecular formula is C22H20N4O. The molecule has 0 saturated heterocycles. The van der Waals surface area contributed by atoms with Crippen LogP contribution in [0.3, 0.4) is 0 Å². The number of hydrogen-bond donors (Lipinski definition) is 1. The molecule has 5 heteroatoms. The molecule has 1 N–H and O–H groups in total. The first-order valence-corrected chi connectivity index (χ1v) is 8.92. The van der Waals surface area contributed by atoms with Crippen LogP contribution in [-0.4, -0.2) is 21.7 Å². The monoisotopic (exact) mass is 356 g/mol. The number of fused-ring (bicyclic) bond motifs is 2. The molecule has 0 fully saturated rings. The Labute approximate surface area is 157 Å². The fourth-order valence-corrected chi connectivity index (χ4v) is 3.24. The van der Waals surface area contributed by atoms with Crippen LogP contribution in [0.2, 0.25) is 0 Å². The molecule has 0 saturated carbocycles. The van der Waals surface area contributed by atoms with Gasteiger partial charge in [-0.05, 0) is 36.2 Å². The van der Waals surface area contributed by atoms with Gasteiger partial charge in [-0.1, -0.05) is 36.4 Å². The Morgan fingerprint density at radius 3 is 3.00 bits per heavy atom. The fraction of sp³-hybridized carbons (Fsp3) is 0.136. The fourth-order valence-electron chi connectivity index (χ4n) is 3.24. The van der Waals surface area contributed by atoms with Crippen LogP contribution < -0.4 is 5.43 Å². The number of aryl methyl sites for hydroxylation is 2. The molecule has 27 heavy (non-hydrogen) atoms. The van der Waals surface area contributed by atoms with Crippen LogP contribution in [0.25, 0.3) is 21.8 Å². The zero-order valence-corrected chi connectivity index (χ0v) is 15.1. The molecule has 0 radical (unpaired) electrons. The molecule has 0 aliphatic carbocycles. The third kappa shape index (κ3) is 3.72. The van der Waals surface area contributed by atoms with E-state index in [4.69, 9.17) is 0 Å². The normalized spacial score (nSPS) is 11.4. The topological polar surface area (TPSA) is 59.3 Å². The second-order valence-corrected chi connectivity index (χ2v) is 6.52. The highest BCUT2D eigenvalue weighted by Crippen LogP contribution is 2.20. The summed E-state index contributed by atoms with van der Waals surface area (Å²) in [5.41, 5.74) is 6.77. The highest BCUT2D eigenvalue weighted by atomic mass is 16.2. The number of carbonyl (C=O) groups is 1. The molecule has 0 aliphatic heterocycles. The van der Waals surface area contributed by atoms with Crippen molar-refractivity contribution in [3.8, 4) is 0 Å². The van der Waals surface area contributed by atoms with Gasteiger partial charge in [-0.2, -0.15) is 5.10 Å². The molecule has 1 amide bonds. The Morgan fingerprint density at radius 2 is 2.07 bits per heavy atom. The predicted molar refractivity (Wildman–Crippen MR) is 109 cm³/mol. The largest absolute Gasteiger partial charge is 0.347 e. The van der Waals surface area contributed by atoms with Crippen LogP contribution in [0.15, 0.2) is 72.1 Å². The maximum absolute atomic E-state index is 12.1. The van der Waals surface area contributed by atoms with E-state index in [1.54, 1.807) is 12.4 Å². The van der Waals surface area contributed by atoms with E-state index < -0.39 is 0 Å². The van der Waals surface area contributed by atoms with Gasteiger partial charge in [0, 0.05) is 41.6 Å². The minimum atomic E-state index is -0.111. The molecule has 0 bridgehead atoms. The van der Waals surface area contributed by atoms with Crippen molar-refractivity contribution in [1.82, 2.24) is 15.0 Å². The van der Waals surface area contributed by atoms with Gasteiger partial charge >= 0.3 is 0 Å². The summed E-state index contributed by atoms with van der Waals surface area (Å²) in [4.78, 5) is 16.4. The van der Waals surface area contributed by atoms with Crippen LogP contribution in [0.1, 0.15) is 17.5 Å². The molecule has 134 valence electrons. The van der Waals surface area contributed by atoms with E-state index in [0.717, 1.165) is 22.0 Å². The summed E-state index contributed by atoms with van der Waals surface area (Å²) >= 11 is 0. The maximum Gasteiger partial charge on any atom is 0.241 e. The molecule has 2 aromatic carbocycles. The highest BCUT2D eigenvalue weighted by molar-refractivity contribution is 5.89. The van der Waals surface area contributed by atoms with Crippen LogP contribution in [0, 0.1) is 6.92 Å². The zero-order valence-electron chi connectivity index (χ0n) is 15.1. The maximum atomic E-state index is 12.1. The zero-order chi connectivity index (χ0) is 18.6. The first kappa shape index (κ1) is 17.0. The van der Waals surface area contributed by atoms with Crippen LogP contribution in [0.4, 0.5) is 0 Å². The third-order valence-electron chi connectivity index (χ3n) is 4.60. The number of hydrogen-bond acceptors (Lipinski definition) is 3. The van der Waals surface area contributed by atoms with Crippen molar-refractivity contribution in [3.05, 3.63) is 78.1 Å². The van der Waals surface area contributed by atoms with E-state index in [2.05, 4.69) is 45.3 Å². The van der Waals surface area contributed by atoms with Crippen molar-refractivity contribution in [2.45, 2.75) is 19.9 Å². The average Bonchev–Trinajstić information content (AvgIpc) is 3.02. The molecule has 2 aromatic heterocycles. The lowest BCUT2D eigenvalue weighted by Gasteiger charge is -2.04. The molecule has 0 atom stereocenters.